The van der Waals surface area contributed by atoms with Crippen molar-refractivity contribution in [2.75, 3.05) is 23.0 Å². The smallest absolute Gasteiger partial charge is 0.262 e. The fourth-order valence-corrected chi connectivity index (χ4v) is 3.95. The summed E-state index contributed by atoms with van der Waals surface area (Å²) in [6.45, 7) is -0.0746. The third-order valence-electron chi connectivity index (χ3n) is 4.66. The summed E-state index contributed by atoms with van der Waals surface area (Å²) in [5.41, 5.74) is 1.46. The predicted octanol–water partition coefficient (Wildman–Crippen LogP) is 5.59. The van der Waals surface area contributed by atoms with Crippen molar-refractivity contribution in [1.82, 2.24) is 0 Å². The summed E-state index contributed by atoms with van der Waals surface area (Å²) in [6.07, 6.45) is 0. The van der Waals surface area contributed by atoms with Gasteiger partial charge in [0.15, 0.2) is 6.61 Å². The van der Waals surface area contributed by atoms with E-state index in [-0.39, 0.29) is 24.2 Å². The summed E-state index contributed by atoms with van der Waals surface area (Å²) >= 11 is 1.41. The summed E-state index contributed by atoms with van der Waals surface area (Å²) < 4.78 is 5.47. The Balaban J connectivity index is 1.29. The molecule has 0 radical (unpaired) electrons. The van der Waals surface area contributed by atoms with E-state index in [2.05, 4.69) is 10.6 Å². The monoisotopic (exact) mass is 442 g/mol. The molecule has 6 heteroatoms. The van der Waals surface area contributed by atoms with Crippen LogP contribution < -0.4 is 15.4 Å². The van der Waals surface area contributed by atoms with Gasteiger partial charge in [-0.05, 0) is 41.8 Å². The van der Waals surface area contributed by atoms with E-state index in [9.17, 15) is 9.59 Å². The second kappa shape index (κ2) is 10.5. The second-order valence-corrected chi connectivity index (χ2v) is 8.09. The first-order valence-electron chi connectivity index (χ1n) is 10.2. The standard InChI is InChI=1S/C26H22N2O3S/c29-25(17-31-21-11-2-1-3-12-21)27-20-10-7-13-22(16-20)32-18-26(30)28-24-15-6-9-19-8-4-5-14-23(19)24/h1-16H,17-18H2,(H,27,29)(H,28,30). The Kier molecular flexibility index (Phi) is 7.05. The average Bonchev–Trinajstić information content (AvgIpc) is 2.83. The lowest BCUT2D eigenvalue weighted by Crippen LogP contribution is -2.20. The third kappa shape index (κ3) is 5.89. The van der Waals surface area contributed by atoms with Crippen LogP contribution in [-0.2, 0) is 9.59 Å². The molecule has 5 nitrogen and oxygen atoms in total. The number of benzene rings is 4. The maximum atomic E-state index is 12.5. The van der Waals surface area contributed by atoms with E-state index in [1.165, 1.54) is 11.8 Å². The van der Waals surface area contributed by atoms with E-state index in [0.717, 1.165) is 21.4 Å². The number of rotatable bonds is 8. The number of para-hydroxylation sites is 1. The van der Waals surface area contributed by atoms with Gasteiger partial charge < -0.3 is 15.4 Å². The van der Waals surface area contributed by atoms with Crippen molar-refractivity contribution in [3.05, 3.63) is 97.1 Å². The van der Waals surface area contributed by atoms with E-state index < -0.39 is 0 Å². The van der Waals surface area contributed by atoms with Gasteiger partial charge in [-0.25, -0.2) is 0 Å². The molecule has 0 atom stereocenters. The molecule has 0 saturated carbocycles. The van der Waals surface area contributed by atoms with Crippen LogP contribution in [0.25, 0.3) is 10.8 Å². The Morgan fingerprint density at radius 2 is 1.50 bits per heavy atom. The van der Waals surface area contributed by atoms with Gasteiger partial charge in [-0.1, -0.05) is 60.7 Å². The van der Waals surface area contributed by atoms with Crippen LogP contribution in [0, 0.1) is 0 Å². The largest absolute Gasteiger partial charge is 0.484 e. The van der Waals surface area contributed by atoms with Gasteiger partial charge in [-0.3, -0.25) is 9.59 Å². The van der Waals surface area contributed by atoms with Crippen LogP contribution in [0.3, 0.4) is 0 Å². The van der Waals surface area contributed by atoms with Crippen LogP contribution in [0.5, 0.6) is 5.75 Å². The van der Waals surface area contributed by atoms with Gasteiger partial charge in [0, 0.05) is 21.7 Å². The molecular weight excluding hydrogens is 420 g/mol. The van der Waals surface area contributed by atoms with Gasteiger partial charge in [0.05, 0.1) is 5.75 Å². The zero-order valence-electron chi connectivity index (χ0n) is 17.3. The van der Waals surface area contributed by atoms with Crippen molar-refractivity contribution in [2.24, 2.45) is 0 Å². The number of hydrogen-bond acceptors (Lipinski definition) is 4. The van der Waals surface area contributed by atoms with Crippen LogP contribution in [0.4, 0.5) is 11.4 Å². The fourth-order valence-electron chi connectivity index (χ4n) is 3.20. The highest BCUT2D eigenvalue weighted by Gasteiger charge is 2.08. The van der Waals surface area contributed by atoms with Crippen molar-refractivity contribution >= 4 is 45.7 Å². The van der Waals surface area contributed by atoms with E-state index in [4.69, 9.17) is 4.74 Å². The molecule has 0 fully saturated rings. The minimum Gasteiger partial charge on any atom is -0.484 e. The topological polar surface area (TPSA) is 67.4 Å². The number of thioether (sulfide) groups is 1. The van der Waals surface area contributed by atoms with Gasteiger partial charge in [-0.15, -0.1) is 11.8 Å². The molecule has 0 aliphatic rings. The van der Waals surface area contributed by atoms with Crippen LogP contribution in [0.1, 0.15) is 0 Å². The second-order valence-electron chi connectivity index (χ2n) is 7.04. The summed E-state index contributed by atoms with van der Waals surface area (Å²) in [4.78, 5) is 25.5. The maximum Gasteiger partial charge on any atom is 0.262 e. The van der Waals surface area contributed by atoms with E-state index >= 15 is 0 Å². The molecule has 0 heterocycles. The lowest BCUT2D eigenvalue weighted by Gasteiger charge is -2.10. The van der Waals surface area contributed by atoms with Gasteiger partial charge in [0.2, 0.25) is 5.91 Å². The number of ether oxygens (including phenoxy) is 1. The Morgan fingerprint density at radius 1 is 0.750 bits per heavy atom. The fraction of sp³-hybridized carbons (Fsp3) is 0.0769. The molecule has 4 aromatic rings. The van der Waals surface area contributed by atoms with Crippen molar-refractivity contribution in [1.29, 1.82) is 0 Å². The van der Waals surface area contributed by atoms with E-state index in [0.29, 0.717) is 11.4 Å². The molecule has 0 spiro atoms. The number of carbonyl (C=O) groups excluding carboxylic acids is 2. The van der Waals surface area contributed by atoms with Crippen LogP contribution >= 0.6 is 11.8 Å². The lowest BCUT2D eigenvalue weighted by atomic mass is 10.1. The molecule has 160 valence electrons. The van der Waals surface area contributed by atoms with Gasteiger partial charge >= 0.3 is 0 Å². The Labute approximate surface area is 190 Å². The van der Waals surface area contributed by atoms with Crippen molar-refractivity contribution in [2.45, 2.75) is 4.90 Å². The number of amides is 2. The number of hydrogen-bond donors (Lipinski definition) is 2. The number of anilines is 2. The lowest BCUT2D eigenvalue weighted by molar-refractivity contribution is -0.118. The van der Waals surface area contributed by atoms with Gasteiger partial charge in [0.1, 0.15) is 5.75 Å². The van der Waals surface area contributed by atoms with Crippen LogP contribution in [0.2, 0.25) is 0 Å². The van der Waals surface area contributed by atoms with E-state index in [1.807, 2.05) is 78.9 Å². The van der Waals surface area contributed by atoms with Gasteiger partial charge in [-0.2, -0.15) is 0 Å². The number of fused-ring (bicyclic) bond motifs is 1. The highest BCUT2D eigenvalue weighted by molar-refractivity contribution is 8.00. The SMILES string of the molecule is O=C(COc1ccccc1)Nc1cccc(SCC(=O)Nc2cccc3ccccc23)c1. The zero-order valence-corrected chi connectivity index (χ0v) is 18.1. The molecule has 4 rings (SSSR count). The van der Waals surface area contributed by atoms with Gasteiger partial charge in [0.25, 0.3) is 5.91 Å². The summed E-state index contributed by atoms with van der Waals surface area (Å²) in [5.74, 6) is 0.573. The Bertz CT molecular complexity index is 1220. The maximum absolute atomic E-state index is 12.5. The number of nitrogens with one attached hydrogen (secondary N) is 2. The number of carbonyl (C=O) groups is 2. The average molecular weight is 443 g/mol. The molecule has 2 amide bonds. The molecule has 4 aromatic carbocycles. The first kappa shape index (κ1) is 21.5. The molecule has 0 bridgehead atoms. The van der Waals surface area contributed by atoms with Crippen molar-refractivity contribution in [3.8, 4) is 5.75 Å². The summed E-state index contributed by atoms with van der Waals surface area (Å²) in [5, 5.41) is 7.90. The first-order valence-corrected chi connectivity index (χ1v) is 11.1. The third-order valence-corrected chi connectivity index (χ3v) is 5.66. The summed E-state index contributed by atoms with van der Waals surface area (Å²) in [7, 11) is 0. The van der Waals surface area contributed by atoms with Crippen molar-refractivity contribution in [3.63, 3.8) is 0 Å². The summed E-state index contributed by atoms with van der Waals surface area (Å²) in [6, 6.07) is 30.4. The molecule has 0 aliphatic carbocycles. The van der Waals surface area contributed by atoms with Crippen LogP contribution in [-0.4, -0.2) is 24.2 Å². The zero-order chi connectivity index (χ0) is 22.2. The highest BCUT2D eigenvalue weighted by atomic mass is 32.2. The first-order chi connectivity index (χ1) is 15.7. The van der Waals surface area contributed by atoms with Crippen LogP contribution in [0.15, 0.2) is 102 Å². The highest BCUT2D eigenvalue weighted by Crippen LogP contribution is 2.25. The molecule has 0 unspecified atom stereocenters. The minimum absolute atomic E-state index is 0.0746. The molecule has 0 aromatic heterocycles. The minimum atomic E-state index is -0.246. The quantitative estimate of drug-likeness (QED) is 0.349. The Hall–Kier alpha value is -3.77. The predicted molar refractivity (Wildman–Crippen MR) is 130 cm³/mol. The molecule has 0 saturated heterocycles. The molecule has 32 heavy (non-hydrogen) atoms. The molecular formula is C26H22N2O3S. The molecule has 2 N–H and O–H groups in total. The molecule has 0 aliphatic heterocycles. The van der Waals surface area contributed by atoms with E-state index in [1.54, 1.807) is 18.2 Å². The Morgan fingerprint density at radius 3 is 2.38 bits per heavy atom. The van der Waals surface area contributed by atoms with Crippen molar-refractivity contribution < 1.29 is 14.3 Å². The normalized spacial score (nSPS) is 10.5.